The van der Waals surface area contributed by atoms with Crippen LogP contribution in [0.2, 0.25) is 0 Å². The summed E-state index contributed by atoms with van der Waals surface area (Å²) in [5.74, 6) is -2.00. The fraction of sp³-hybridized carbons (Fsp3) is 0.111. The maximum Gasteiger partial charge on any atom is 0.348 e. The molecule has 0 unspecified atom stereocenters. The van der Waals surface area contributed by atoms with E-state index in [-0.39, 0.29) is 16.4 Å². The summed E-state index contributed by atoms with van der Waals surface area (Å²) in [5.41, 5.74) is 5.61. The number of nitrogen functional groups attached to an aromatic ring is 1. The van der Waals surface area contributed by atoms with Crippen molar-refractivity contribution in [2.24, 2.45) is 0 Å². The Morgan fingerprint density at radius 1 is 1.69 bits per heavy atom. The molecule has 7 heteroatoms. The number of fused-ring (bicyclic) bond motifs is 1. The highest BCUT2D eigenvalue weighted by atomic mass is 32.1. The van der Waals surface area contributed by atoms with E-state index in [1.54, 1.807) is 0 Å². The molecule has 0 fully saturated rings. The molecule has 0 radical (unpaired) electrons. The molecule has 0 aliphatic rings. The number of anilines is 1. The number of nitrogens with zero attached hydrogens (tertiary/aromatic N) is 1. The molecule has 0 aliphatic heterocycles. The SMILES string of the molecule is COc1nc2sc(C(=O)O)c(N)c2cc1F. The van der Waals surface area contributed by atoms with Crippen molar-refractivity contribution in [2.45, 2.75) is 0 Å². The predicted molar refractivity (Wildman–Crippen MR) is 57.5 cm³/mol. The third kappa shape index (κ3) is 1.45. The summed E-state index contributed by atoms with van der Waals surface area (Å²) in [5, 5.41) is 9.13. The second kappa shape index (κ2) is 3.60. The number of rotatable bonds is 2. The van der Waals surface area contributed by atoms with Gasteiger partial charge in [-0.15, -0.1) is 11.3 Å². The maximum absolute atomic E-state index is 13.3. The summed E-state index contributed by atoms with van der Waals surface area (Å²) < 4.78 is 18.0. The molecule has 2 rings (SSSR count). The highest BCUT2D eigenvalue weighted by Crippen LogP contribution is 2.34. The van der Waals surface area contributed by atoms with Crippen molar-refractivity contribution in [1.29, 1.82) is 0 Å². The first-order chi connectivity index (χ1) is 7.54. The molecule has 0 bridgehead atoms. The number of pyridine rings is 1. The maximum atomic E-state index is 13.3. The van der Waals surface area contributed by atoms with Crippen LogP contribution in [0.4, 0.5) is 10.1 Å². The number of thiophene rings is 1. The first kappa shape index (κ1) is 10.6. The van der Waals surface area contributed by atoms with Crippen LogP contribution in [0.3, 0.4) is 0 Å². The van der Waals surface area contributed by atoms with E-state index in [9.17, 15) is 9.18 Å². The van der Waals surface area contributed by atoms with Gasteiger partial charge in [0, 0.05) is 5.39 Å². The van der Waals surface area contributed by atoms with E-state index >= 15 is 0 Å². The molecular formula is C9H7FN2O3S. The summed E-state index contributed by atoms with van der Waals surface area (Å²) in [7, 11) is 1.28. The molecule has 2 aromatic rings. The third-order valence-corrected chi connectivity index (χ3v) is 3.13. The van der Waals surface area contributed by atoms with Crippen molar-refractivity contribution < 1.29 is 19.0 Å². The van der Waals surface area contributed by atoms with Gasteiger partial charge in [-0.05, 0) is 6.07 Å². The number of hydrogen-bond donors (Lipinski definition) is 2. The fourth-order valence-corrected chi connectivity index (χ4v) is 2.21. The normalized spacial score (nSPS) is 10.6. The Kier molecular flexibility index (Phi) is 2.39. The van der Waals surface area contributed by atoms with Crippen LogP contribution in [0, 0.1) is 5.82 Å². The van der Waals surface area contributed by atoms with E-state index in [2.05, 4.69) is 4.98 Å². The molecule has 0 amide bonds. The molecular weight excluding hydrogens is 235 g/mol. The van der Waals surface area contributed by atoms with Crippen molar-refractivity contribution in [3.63, 3.8) is 0 Å². The largest absolute Gasteiger partial charge is 0.479 e. The number of nitrogens with two attached hydrogens (primary N) is 1. The van der Waals surface area contributed by atoms with Crippen molar-refractivity contribution in [2.75, 3.05) is 12.8 Å². The van der Waals surface area contributed by atoms with Gasteiger partial charge in [-0.1, -0.05) is 0 Å². The Bertz CT molecular complexity index is 582. The standard InChI is InChI=1S/C9H7FN2O3S/c1-15-7-4(10)2-3-5(11)6(9(13)14)16-8(3)12-7/h2H,11H2,1H3,(H,13,14). The Balaban J connectivity index is 2.77. The van der Waals surface area contributed by atoms with Crippen LogP contribution in [0.1, 0.15) is 9.67 Å². The summed E-state index contributed by atoms with van der Waals surface area (Å²) in [6.07, 6.45) is 0. The van der Waals surface area contributed by atoms with Gasteiger partial charge in [0.05, 0.1) is 12.8 Å². The van der Waals surface area contributed by atoms with E-state index in [1.807, 2.05) is 0 Å². The molecule has 5 nitrogen and oxygen atoms in total. The number of carboxylic acids is 1. The third-order valence-electron chi connectivity index (χ3n) is 2.03. The lowest BCUT2D eigenvalue weighted by atomic mass is 10.2. The van der Waals surface area contributed by atoms with Crippen molar-refractivity contribution in [1.82, 2.24) is 4.98 Å². The average molecular weight is 242 g/mol. The molecule has 0 saturated carbocycles. The van der Waals surface area contributed by atoms with Gasteiger partial charge in [-0.2, -0.15) is 4.98 Å². The smallest absolute Gasteiger partial charge is 0.348 e. The van der Waals surface area contributed by atoms with Crippen LogP contribution in [-0.2, 0) is 0 Å². The molecule has 2 aromatic heterocycles. The van der Waals surface area contributed by atoms with Crippen molar-refractivity contribution >= 4 is 33.2 Å². The topological polar surface area (TPSA) is 85.4 Å². The second-order valence-corrected chi connectivity index (χ2v) is 3.98. The summed E-state index contributed by atoms with van der Waals surface area (Å²) in [6, 6.07) is 1.12. The van der Waals surface area contributed by atoms with Gasteiger partial charge in [0.25, 0.3) is 5.88 Å². The molecule has 84 valence electrons. The van der Waals surface area contributed by atoms with Gasteiger partial charge in [0.2, 0.25) is 0 Å². The summed E-state index contributed by atoms with van der Waals surface area (Å²) in [4.78, 5) is 14.9. The zero-order valence-corrected chi connectivity index (χ0v) is 8.97. The van der Waals surface area contributed by atoms with Gasteiger partial charge in [-0.3, -0.25) is 0 Å². The molecule has 0 aromatic carbocycles. The van der Waals surface area contributed by atoms with E-state index in [0.29, 0.717) is 10.2 Å². The van der Waals surface area contributed by atoms with E-state index in [4.69, 9.17) is 15.6 Å². The van der Waals surface area contributed by atoms with E-state index < -0.39 is 11.8 Å². The van der Waals surface area contributed by atoms with E-state index in [0.717, 1.165) is 17.4 Å². The van der Waals surface area contributed by atoms with Gasteiger partial charge >= 0.3 is 5.97 Å². The molecule has 16 heavy (non-hydrogen) atoms. The quantitative estimate of drug-likeness (QED) is 0.837. The lowest BCUT2D eigenvalue weighted by molar-refractivity contribution is 0.0703. The number of hydrogen-bond acceptors (Lipinski definition) is 5. The molecule has 0 atom stereocenters. The number of aromatic nitrogens is 1. The van der Waals surface area contributed by atoms with E-state index in [1.165, 1.54) is 7.11 Å². The summed E-state index contributed by atoms with van der Waals surface area (Å²) in [6.45, 7) is 0. The first-order valence-corrected chi connectivity index (χ1v) is 5.02. The second-order valence-electron chi connectivity index (χ2n) is 2.98. The number of carboxylic acid groups (broad SMARTS) is 1. The number of carbonyl (C=O) groups is 1. The average Bonchev–Trinajstić information content (AvgIpc) is 2.55. The minimum absolute atomic E-state index is 0.0292. The lowest BCUT2D eigenvalue weighted by Crippen LogP contribution is -1.97. The molecule has 0 spiro atoms. The molecule has 3 N–H and O–H groups in total. The van der Waals surface area contributed by atoms with Crippen LogP contribution in [0.5, 0.6) is 5.88 Å². The van der Waals surface area contributed by atoms with Gasteiger partial charge in [0.1, 0.15) is 9.71 Å². The van der Waals surface area contributed by atoms with Crippen LogP contribution < -0.4 is 10.5 Å². The Morgan fingerprint density at radius 3 is 2.94 bits per heavy atom. The predicted octanol–water partition coefficient (Wildman–Crippen LogP) is 1.72. The van der Waals surface area contributed by atoms with Gasteiger partial charge in [0.15, 0.2) is 5.82 Å². The highest BCUT2D eigenvalue weighted by Gasteiger charge is 2.18. The van der Waals surface area contributed by atoms with Crippen LogP contribution in [0.15, 0.2) is 6.07 Å². The van der Waals surface area contributed by atoms with Crippen molar-refractivity contribution in [3.05, 3.63) is 16.8 Å². The van der Waals surface area contributed by atoms with Crippen LogP contribution in [-0.4, -0.2) is 23.2 Å². The van der Waals surface area contributed by atoms with Crippen LogP contribution in [0.25, 0.3) is 10.2 Å². The molecule has 2 heterocycles. The zero-order valence-electron chi connectivity index (χ0n) is 8.15. The van der Waals surface area contributed by atoms with Crippen LogP contribution >= 0.6 is 11.3 Å². The van der Waals surface area contributed by atoms with Gasteiger partial charge < -0.3 is 15.6 Å². The number of halogens is 1. The minimum atomic E-state index is -1.15. The number of ether oxygens (including phenoxy) is 1. The summed E-state index contributed by atoms with van der Waals surface area (Å²) >= 11 is 0.888. The Morgan fingerprint density at radius 2 is 2.38 bits per heavy atom. The monoisotopic (exact) mass is 242 g/mol. The zero-order chi connectivity index (χ0) is 11.9. The van der Waals surface area contributed by atoms with Crippen molar-refractivity contribution in [3.8, 4) is 5.88 Å². The highest BCUT2D eigenvalue weighted by molar-refractivity contribution is 7.21. The Labute approximate surface area is 93.3 Å². The first-order valence-electron chi connectivity index (χ1n) is 4.20. The molecule has 0 saturated heterocycles. The minimum Gasteiger partial charge on any atom is -0.479 e. The molecule has 0 aliphatic carbocycles. The van der Waals surface area contributed by atoms with Gasteiger partial charge in [-0.25, -0.2) is 9.18 Å². The fourth-order valence-electron chi connectivity index (χ4n) is 1.30. The number of methoxy groups -OCH3 is 1. The lowest BCUT2D eigenvalue weighted by Gasteiger charge is -1.99. The number of aromatic carboxylic acids is 1. The Hall–Kier alpha value is -1.89.